The minimum Gasteiger partial charge on any atom is -0.342 e. The van der Waals surface area contributed by atoms with Crippen molar-refractivity contribution >= 4 is 28.8 Å². The second-order valence-corrected chi connectivity index (χ2v) is 6.78. The SMILES string of the molecule is CCc1cc(C(=O)NCC(=O)Nc2cccc(C)c2C)sc1C. The zero-order chi connectivity index (χ0) is 17.0. The lowest BCUT2D eigenvalue weighted by Crippen LogP contribution is -2.32. The van der Waals surface area contributed by atoms with E-state index in [4.69, 9.17) is 0 Å². The van der Waals surface area contributed by atoms with Crippen molar-refractivity contribution in [3.05, 3.63) is 50.7 Å². The summed E-state index contributed by atoms with van der Waals surface area (Å²) in [7, 11) is 0. The normalized spacial score (nSPS) is 10.4. The lowest BCUT2D eigenvalue weighted by Gasteiger charge is -2.10. The molecule has 2 aromatic rings. The van der Waals surface area contributed by atoms with Crippen molar-refractivity contribution in [2.24, 2.45) is 0 Å². The van der Waals surface area contributed by atoms with E-state index in [1.54, 1.807) is 0 Å². The number of thiophene rings is 1. The fourth-order valence-corrected chi connectivity index (χ4v) is 3.34. The van der Waals surface area contributed by atoms with Crippen LogP contribution in [0, 0.1) is 20.8 Å². The highest BCUT2D eigenvalue weighted by molar-refractivity contribution is 7.14. The monoisotopic (exact) mass is 330 g/mol. The van der Waals surface area contributed by atoms with E-state index in [0.717, 1.165) is 28.1 Å². The second-order valence-electron chi connectivity index (χ2n) is 5.52. The fraction of sp³-hybridized carbons (Fsp3) is 0.333. The van der Waals surface area contributed by atoms with Crippen LogP contribution >= 0.6 is 11.3 Å². The van der Waals surface area contributed by atoms with Crippen molar-refractivity contribution in [1.82, 2.24) is 5.32 Å². The molecule has 2 rings (SSSR count). The molecule has 0 aliphatic rings. The summed E-state index contributed by atoms with van der Waals surface area (Å²) in [6.07, 6.45) is 0.905. The molecule has 0 radical (unpaired) electrons. The molecule has 1 heterocycles. The van der Waals surface area contributed by atoms with Crippen molar-refractivity contribution in [2.75, 3.05) is 11.9 Å². The van der Waals surface area contributed by atoms with E-state index in [0.29, 0.717) is 4.88 Å². The van der Waals surface area contributed by atoms with Crippen LogP contribution in [0.25, 0.3) is 0 Å². The van der Waals surface area contributed by atoms with Crippen molar-refractivity contribution in [2.45, 2.75) is 34.1 Å². The predicted molar refractivity (Wildman–Crippen MR) is 95.3 cm³/mol. The molecule has 122 valence electrons. The number of benzene rings is 1. The van der Waals surface area contributed by atoms with Crippen LogP contribution in [0.3, 0.4) is 0 Å². The minimum absolute atomic E-state index is 0.0371. The van der Waals surface area contributed by atoms with E-state index in [1.807, 2.05) is 45.0 Å². The van der Waals surface area contributed by atoms with Crippen LogP contribution in [0.15, 0.2) is 24.3 Å². The Hall–Kier alpha value is -2.14. The predicted octanol–water partition coefficient (Wildman–Crippen LogP) is 3.60. The van der Waals surface area contributed by atoms with Gasteiger partial charge in [-0.25, -0.2) is 0 Å². The zero-order valence-electron chi connectivity index (χ0n) is 13.9. The highest BCUT2D eigenvalue weighted by atomic mass is 32.1. The van der Waals surface area contributed by atoms with E-state index in [2.05, 4.69) is 17.6 Å². The number of hydrogen-bond donors (Lipinski definition) is 2. The summed E-state index contributed by atoms with van der Waals surface area (Å²) in [5.41, 5.74) is 4.12. The summed E-state index contributed by atoms with van der Waals surface area (Å²) in [6, 6.07) is 7.66. The van der Waals surface area contributed by atoms with E-state index < -0.39 is 0 Å². The van der Waals surface area contributed by atoms with Gasteiger partial charge in [-0.05, 0) is 56.0 Å². The topological polar surface area (TPSA) is 58.2 Å². The Labute approximate surface area is 140 Å². The van der Waals surface area contributed by atoms with Crippen molar-refractivity contribution in [1.29, 1.82) is 0 Å². The van der Waals surface area contributed by atoms with Gasteiger partial charge in [-0.1, -0.05) is 19.1 Å². The van der Waals surface area contributed by atoms with E-state index in [1.165, 1.54) is 16.9 Å². The molecule has 0 aliphatic heterocycles. The Morgan fingerprint density at radius 1 is 1.17 bits per heavy atom. The van der Waals surface area contributed by atoms with Crippen LogP contribution in [0.1, 0.15) is 38.2 Å². The molecule has 0 bridgehead atoms. The number of aryl methyl sites for hydroxylation is 3. The Kier molecular flexibility index (Phi) is 5.55. The van der Waals surface area contributed by atoms with Crippen LogP contribution < -0.4 is 10.6 Å². The van der Waals surface area contributed by atoms with E-state index in [-0.39, 0.29) is 18.4 Å². The average Bonchev–Trinajstić information content (AvgIpc) is 2.90. The largest absolute Gasteiger partial charge is 0.342 e. The summed E-state index contributed by atoms with van der Waals surface area (Å²) in [6.45, 7) is 7.99. The number of anilines is 1. The minimum atomic E-state index is -0.226. The van der Waals surface area contributed by atoms with Crippen molar-refractivity contribution in [3.8, 4) is 0 Å². The van der Waals surface area contributed by atoms with Gasteiger partial charge < -0.3 is 10.6 Å². The van der Waals surface area contributed by atoms with Crippen LogP contribution in [0.2, 0.25) is 0 Å². The first-order chi connectivity index (χ1) is 10.9. The zero-order valence-corrected chi connectivity index (χ0v) is 14.8. The van der Waals surface area contributed by atoms with E-state index >= 15 is 0 Å². The molecule has 0 unspecified atom stereocenters. The molecule has 5 heteroatoms. The summed E-state index contributed by atoms with van der Waals surface area (Å²) in [4.78, 5) is 25.9. The number of amides is 2. The summed E-state index contributed by atoms with van der Waals surface area (Å²) in [5, 5.41) is 5.51. The van der Waals surface area contributed by atoms with Crippen molar-refractivity contribution in [3.63, 3.8) is 0 Å². The van der Waals surface area contributed by atoms with Gasteiger partial charge in [-0.2, -0.15) is 0 Å². The van der Waals surface area contributed by atoms with Gasteiger partial charge in [-0.3, -0.25) is 9.59 Å². The van der Waals surface area contributed by atoms with Gasteiger partial charge in [0.25, 0.3) is 5.91 Å². The third-order valence-corrected chi connectivity index (χ3v) is 5.01. The Bertz CT molecular complexity index is 735. The summed E-state index contributed by atoms with van der Waals surface area (Å²) in [5.74, 6) is -0.426. The lowest BCUT2D eigenvalue weighted by molar-refractivity contribution is -0.115. The lowest BCUT2D eigenvalue weighted by atomic mass is 10.1. The van der Waals surface area contributed by atoms with Gasteiger partial charge in [0.1, 0.15) is 0 Å². The number of rotatable bonds is 5. The van der Waals surface area contributed by atoms with Crippen LogP contribution in [-0.4, -0.2) is 18.4 Å². The smallest absolute Gasteiger partial charge is 0.261 e. The third-order valence-electron chi connectivity index (χ3n) is 3.91. The molecular formula is C18H22N2O2S. The fourth-order valence-electron chi connectivity index (χ4n) is 2.31. The van der Waals surface area contributed by atoms with Gasteiger partial charge >= 0.3 is 0 Å². The molecule has 0 spiro atoms. The van der Waals surface area contributed by atoms with Gasteiger partial charge in [0.05, 0.1) is 11.4 Å². The summed E-state index contributed by atoms with van der Waals surface area (Å²) < 4.78 is 0. The van der Waals surface area contributed by atoms with Crippen LogP contribution in [-0.2, 0) is 11.2 Å². The van der Waals surface area contributed by atoms with Crippen molar-refractivity contribution < 1.29 is 9.59 Å². The molecular weight excluding hydrogens is 308 g/mol. The maximum atomic E-state index is 12.1. The average molecular weight is 330 g/mol. The Balaban J connectivity index is 1.93. The molecule has 0 aliphatic carbocycles. The maximum Gasteiger partial charge on any atom is 0.261 e. The first-order valence-electron chi connectivity index (χ1n) is 7.66. The molecule has 1 aromatic carbocycles. The van der Waals surface area contributed by atoms with Gasteiger partial charge in [0.2, 0.25) is 5.91 Å². The first kappa shape index (κ1) is 17.2. The highest BCUT2D eigenvalue weighted by Crippen LogP contribution is 2.22. The number of hydrogen-bond acceptors (Lipinski definition) is 3. The van der Waals surface area contributed by atoms with Crippen LogP contribution in [0.5, 0.6) is 0 Å². The van der Waals surface area contributed by atoms with Gasteiger partial charge in [0.15, 0.2) is 0 Å². The standard InChI is InChI=1S/C18H22N2O2S/c1-5-14-9-16(23-13(14)4)18(22)19-10-17(21)20-15-8-6-7-11(2)12(15)3/h6-9H,5,10H2,1-4H3,(H,19,22)(H,20,21). The molecule has 4 nitrogen and oxygen atoms in total. The first-order valence-corrected chi connectivity index (χ1v) is 8.47. The highest BCUT2D eigenvalue weighted by Gasteiger charge is 2.13. The van der Waals surface area contributed by atoms with E-state index in [9.17, 15) is 9.59 Å². The number of carbonyl (C=O) groups excluding carboxylic acids is 2. The molecule has 2 amide bonds. The quantitative estimate of drug-likeness (QED) is 0.880. The number of carbonyl (C=O) groups is 2. The molecule has 0 fully saturated rings. The second kappa shape index (κ2) is 7.42. The summed E-state index contributed by atoms with van der Waals surface area (Å²) >= 11 is 1.46. The Morgan fingerprint density at radius 2 is 1.91 bits per heavy atom. The third kappa shape index (κ3) is 4.20. The Morgan fingerprint density at radius 3 is 2.57 bits per heavy atom. The molecule has 23 heavy (non-hydrogen) atoms. The van der Waals surface area contributed by atoms with Gasteiger partial charge in [-0.15, -0.1) is 11.3 Å². The van der Waals surface area contributed by atoms with Crippen LogP contribution in [0.4, 0.5) is 5.69 Å². The molecule has 0 saturated heterocycles. The molecule has 1 aromatic heterocycles. The molecule has 0 atom stereocenters. The molecule has 0 saturated carbocycles. The maximum absolute atomic E-state index is 12.1. The number of nitrogens with one attached hydrogen (secondary N) is 2. The van der Waals surface area contributed by atoms with Gasteiger partial charge in [0, 0.05) is 10.6 Å². The molecule has 2 N–H and O–H groups in total.